The Bertz CT molecular complexity index is 979. The van der Waals surface area contributed by atoms with Crippen LogP contribution in [-0.4, -0.2) is 44.9 Å². The van der Waals surface area contributed by atoms with Gasteiger partial charge in [-0.15, -0.1) is 0 Å². The number of sulfonamides is 1. The Hall–Kier alpha value is -2.14. The van der Waals surface area contributed by atoms with Crippen LogP contribution in [0.25, 0.3) is 0 Å². The number of aromatic nitrogens is 4. The summed E-state index contributed by atoms with van der Waals surface area (Å²) in [6.45, 7) is 4.84. The van der Waals surface area contributed by atoms with Gasteiger partial charge in [0.15, 0.2) is 5.03 Å². The minimum absolute atomic E-state index is 0.0302. The zero-order valence-electron chi connectivity index (χ0n) is 15.7. The fraction of sp³-hybridized carbons (Fsp3) is 0.588. The van der Waals surface area contributed by atoms with Gasteiger partial charge in [0, 0.05) is 37.9 Å². The third-order valence-corrected chi connectivity index (χ3v) is 6.72. The van der Waals surface area contributed by atoms with E-state index < -0.39 is 27.7 Å². The molecule has 1 fully saturated rings. The molecule has 0 unspecified atom stereocenters. The minimum atomic E-state index is -3.66. The van der Waals surface area contributed by atoms with Gasteiger partial charge in [-0.25, -0.2) is 27.2 Å². The Morgan fingerprint density at radius 3 is 2.39 bits per heavy atom. The van der Waals surface area contributed by atoms with Crippen LogP contribution in [0.3, 0.4) is 0 Å². The highest BCUT2D eigenvalue weighted by molar-refractivity contribution is 7.89. The van der Waals surface area contributed by atoms with Crippen molar-refractivity contribution in [2.24, 2.45) is 5.92 Å². The molecule has 0 aromatic carbocycles. The van der Waals surface area contributed by atoms with Gasteiger partial charge in [0.05, 0.1) is 12.7 Å². The molecule has 0 radical (unpaired) electrons. The summed E-state index contributed by atoms with van der Waals surface area (Å²) in [7, 11) is -3.66. The van der Waals surface area contributed by atoms with E-state index in [0.717, 1.165) is 12.4 Å². The molecule has 0 amide bonds. The van der Waals surface area contributed by atoms with Gasteiger partial charge >= 0.3 is 0 Å². The number of halogens is 2. The van der Waals surface area contributed by atoms with Crippen molar-refractivity contribution in [3.05, 3.63) is 41.0 Å². The topological polar surface area (TPSA) is 90.1 Å². The average molecular weight is 415 g/mol. The summed E-state index contributed by atoms with van der Waals surface area (Å²) in [5, 5.41) is 0.0302. The molecule has 8 nitrogen and oxygen atoms in total. The van der Waals surface area contributed by atoms with E-state index in [2.05, 4.69) is 9.97 Å². The lowest BCUT2D eigenvalue weighted by Gasteiger charge is -2.30. The molecule has 3 rings (SSSR count). The molecule has 11 heteroatoms. The molecule has 0 atom stereocenters. The largest absolute Gasteiger partial charge is 0.334 e. The zero-order chi connectivity index (χ0) is 20.5. The maximum Gasteiger partial charge on any atom is 0.280 e. The number of alkyl halides is 2. The highest BCUT2D eigenvalue weighted by Crippen LogP contribution is 2.24. The Labute approximate surface area is 161 Å². The minimum Gasteiger partial charge on any atom is -0.334 e. The van der Waals surface area contributed by atoms with E-state index >= 15 is 0 Å². The first-order chi connectivity index (χ1) is 13.2. The van der Waals surface area contributed by atoms with Gasteiger partial charge in [0.2, 0.25) is 0 Å². The fourth-order valence-electron chi connectivity index (χ4n) is 3.17. The maximum absolute atomic E-state index is 12.8. The van der Waals surface area contributed by atoms with Gasteiger partial charge in [-0.2, -0.15) is 4.31 Å². The molecule has 0 bridgehead atoms. The van der Waals surface area contributed by atoms with E-state index in [-0.39, 0.29) is 17.0 Å². The molecule has 0 aliphatic carbocycles. The summed E-state index contributed by atoms with van der Waals surface area (Å²) in [5.41, 5.74) is -1.07. The molecular weight excluding hydrogens is 392 g/mol. The van der Waals surface area contributed by atoms with Crippen molar-refractivity contribution >= 4 is 10.0 Å². The summed E-state index contributed by atoms with van der Waals surface area (Å²) in [6.07, 6.45) is 2.51. The molecule has 2 aromatic heterocycles. The van der Waals surface area contributed by atoms with E-state index in [9.17, 15) is 22.0 Å². The standard InChI is InChI=1S/C17H23F2N5O3S/c1-12(2)22-9-15(21-11-22)28(26,27)24-5-3-13(4-6-24)8-23-10-20-14(17(18)19)7-16(23)25/h7,9-13,17H,3-6,8H2,1-2H3. The smallest absolute Gasteiger partial charge is 0.280 e. The lowest BCUT2D eigenvalue weighted by molar-refractivity contribution is 0.145. The van der Waals surface area contributed by atoms with Crippen molar-refractivity contribution in [2.45, 2.75) is 50.7 Å². The van der Waals surface area contributed by atoms with E-state index in [1.54, 1.807) is 4.57 Å². The summed E-state index contributed by atoms with van der Waals surface area (Å²) in [4.78, 5) is 19.6. The second-order valence-corrected chi connectivity index (χ2v) is 9.09. The monoisotopic (exact) mass is 415 g/mol. The van der Waals surface area contributed by atoms with E-state index in [0.29, 0.717) is 32.5 Å². The normalized spacial score (nSPS) is 16.9. The number of hydrogen-bond acceptors (Lipinski definition) is 5. The van der Waals surface area contributed by atoms with Crippen molar-refractivity contribution in [1.29, 1.82) is 0 Å². The van der Waals surface area contributed by atoms with Crippen LogP contribution in [0.5, 0.6) is 0 Å². The predicted octanol–water partition coefficient (Wildman–Crippen LogP) is 2.06. The highest BCUT2D eigenvalue weighted by Gasteiger charge is 2.31. The number of hydrogen-bond donors (Lipinski definition) is 0. The van der Waals surface area contributed by atoms with Crippen LogP contribution in [0.15, 0.2) is 34.7 Å². The molecule has 0 N–H and O–H groups in total. The average Bonchev–Trinajstić information content (AvgIpc) is 3.15. The van der Waals surface area contributed by atoms with Crippen LogP contribution < -0.4 is 5.56 Å². The van der Waals surface area contributed by atoms with Crippen molar-refractivity contribution in [1.82, 2.24) is 23.4 Å². The first kappa shape index (κ1) is 20.6. The first-order valence-electron chi connectivity index (χ1n) is 9.06. The van der Waals surface area contributed by atoms with Crippen molar-refractivity contribution < 1.29 is 17.2 Å². The Balaban J connectivity index is 1.63. The third kappa shape index (κ3) is 4.30. The zero-order valence-corrected chi connectivity index (χ0v) is 16.5. The van der Waals surface area contributed by atoms with Crippen molar-refractivity contribution in [2.75, 3.05) is 13.1 Å². The van der Waals surface area contributed by atoms with Crippen LogP contribution in [-0.2, 0) is 16.6 Å². The molecule has 154 valence electrons. The van der Waals surface area contributed by atoms with Gasteiger partial charge in [0.1, 0.15) is 5.69 Å². The number of imidazole rings is 1. The lowest BCUT2D eigenvalue weighted by Crippen LogP contribution is -2.40. The second kappa shape index (κ2) is 8.08. The van der Waals surface area contributed by atoms with E-state index in [1.807, 2.05) is 13.8 Å². The molecule has 0 spiro atoms. The number of rotatable bonds is 6. The highest BCUT2D eigenvalue weighted by atomic mass is 32.2. The third-order valence-electron chi connectivity index (χ3n) is 4.93. The molecule has 2 aromatic rings. The SMILES string of the molecule is CC(C)n1cnc(S(=O)(=O)N2CCC(Cn3cnc(C(F)F)cc3=O)CC2)c1. The summed E-state index contributed by atoms with van der Waals surface area (Å²) in [5.74, 6) is 0.0663. The maximum atomic E-state index is 12.8. The number of nitrogens with zero attached hydrogens (tertiary/aromatic N) is 5. The van der Waals surface area contributed by atoms with Gasteiger partial charge < -0.3 is 4.57 Å². The molecule has 1 aliphatic heterocycles. The summed E-state index contributed by atoms with van der Waals surface area (Å²) >= 11 is 0. The Morgan fingerprint density at radius 1 is 1.18 bits per heavy atom. The molecule has 3 heterocycles. The lowest BCUT2D eigenvalue weighted by atomic mass is 9.98. The van der Waals surface area contributed by atoms with Crippen molar-refractivity contribution in [3.8, 4) is 0 Å². The molecule has 1 saturated heterocycles. The fourth-order valence-corrected chi connectivity index (χ4v) is 4.56. The molecule has 0 saturated carbocycles. The molecule has 1 aliphatic rings. The Morgan fingerprint density at radius 2 is 1.86 bits per heavy atom. The van der Waals surface area contributed by atoms with Crippen molar-refractivity contribution in [3.63, 3.8) is 0 Å². The van der Waals surface area contributed by atoms with Gasteiger partial charge in [-0.05, 0) is 32.6 Å². The quantitative estimate of drug-likeness (QED) is 0.720. The summed E-state index contributed by atoms with van der Waals surface area (Å²) < 4.78 is 55.1. The van der Waals surface area contributed by atoms with Gasteiger partial charge in [-0.1, -0.05) is 0 Å². The van der Waals surface area contributed by atoms with Crippen LogP contribution in [0.4, 0.5) is 8.78 Å². The van der Waals surface area contributed by atoms with Crippen LogP contribution in [0, 0.1) is 5.92 Å². The molecule has 28 heavy (non-hydrogen) atoms. The van der Waals surface area contributed by atoms with E-state index in [1.165, 1.54) is 21.4 Å². The second-order valence-electron chi connectivity index (χ2n) is 7.21. The van der Waals surface area contributed by atoms with Crippen LogP contribution in [0.1, 0.15) is 44.9 Å². The Kier molecular flexibility index (Phi) is 5.94. The van der Waals surface area contributed by atoms with Crippen LogP contribution >= 0.6 is 0 Å². The van der Waals surface area contributed by atoms with E-state index in [4.69, 9.17) is 0 Å². The first-order valence-corrected chi connectivity index (χ1v) is 10.5. The van der Waals surface area contributed by atoms with Gasteiger partial charge in [-0.3, -0.25) is 9.36 Å². The van der Waals surface area contributed by atoms with Gasteiger partial charge in [0.25, 0.3) is 22.0 Å². The predicted molar refractivity (Wildman–Crippen MR) is 97.5 cm³/mol. The number of piperidine rings is 1. The summed E-state index contributed by atoms with van der Waals surface area (Å²) in [6, 6.07) is 0.959. The molecular formula is C17H23F2N5O3S. The van der Waals surface area contributed by atoms with Crippen LogP contribution in [0.2, 0.25) is 0 Å².